The summed E-state index contributed by atoms with van der Waals surface area (Å²) in [6.45, 7) is -2.61. The molecule has 4 nitrogen and oxygen atoms in total. The van der Waals surface area contributed by atoms with Crippen molar-refractivity contribution in [3.8, 4) is 0 Å². The molecule has 0 fully saturated rings. The molecule has 0 aliphatic carbocycles. The highest BCUT2D eigenvalue weighted by Crippen LogP contribution is 2.60. The van der Waals surface area contributed by atoms with E-state index in [9.17, 15) is 61.9 Å². The Hall–Kier alpha value is -1.52. The van der Waals surface area contributed by atoms with Crippen LogP contribution >= 0.6 is 0 Å². The van der Waals surface area contributed by atoms with E-state index in [1.807, 2.05) is 0 Å². The first kappa shape index (κ1) is 25.5. The summed E-state index contributed by atoms with van der Waals surface area (Å²) in [5, 5.41) is 1.34. The molecule has 0 atom stereocenters. The number of nitrogens with two attached hydrogens (primary N) is 1. The van der Waals surface area contributed by atoms with Crippen LogP contribution in [0.25, 0.3) is 0 Å². The van der Waals surface area contributed by atoms with Gasteiger partial charge in [0.25, 0.3) is 0 Å². The molecule has 0 bridgehead atoms. The highest BCUT2D eigenvalue weighted by Gasteiger charge is 2.90. The highest BCUT2D eigenvalue weighted by atomic mass is 19.4. The summed E-state index contributed by atoms with van der Waals surface area (Å²) < 4.78 is 166. The Labute approximate surface area is 140 Å². The number of rotatable bonds is 9. The zero-order valence-corrected chi connectivity index (χ0v) is 12.4. The second kappa shape index (κ2) is 7.48. The van der Waals surface area contributed by atoms with Gasteiger partial charge in [0.1, 0.15) is 6.61 Å². The van der Waals surface area contributed by atoms with Crippen molar-refractivity contribution in [1.82, 2.24) is 5.32 Å². The molecule has 162 valence electrons. The summed E-state index contributed by atoms with van der Waals surface area (Å²) in [6, 6.07) is 0. The summed E-state index contributed by atoms with van der Waals surface area (Å²) in [5.74, 6) is -34.1. The monoisotopic (exact) mass is 436 g/mol. The molecule has 17 heteroatoms. The van der Waals surface area contributed by atoms with Crippen LogP contribution in [0.1, 0.15) is 6.42 Å². The van der Waals surface area contributed by atoms with E-state index in [-0.39, 0.29) is 0 Å². The van der Waals surface area contributed by atoms with Gasteiger partial charge in [0.15, 0.2) is 0 Å². The van der Waals surface area contributed by atoms with E-state index in [0.717, 1.165) is 0 Å². The molecular weight excluding hydrogens is 427 g/mol. The van der Waals surface area contributed by atoms with Crippen LogP contribution in [-0.2, 0) is 9.63 Å². The van der Waals surface area contributed by atoms with Crippen LogP contribution in [0.4, 0.5) is 57.1 Å². The van der Waals surface area contributed by atoms with Gasteiger partial charge in [-0.2, -0.15) is 57.1 Å². The third-order valence-electron chi connectivity index (χ3n) is 2.97. The molecule has 0 aromatic heterocycles. The highest BCUT2D eigenvalue weighted by molar-refractivity contribution is 5.77. The van der Waals surface area contributed by atoms with E-state index >= 15 is 0 Å². The van der Waals surface area contributed by atoms with Crippen molar-refractivity contribution in [2.45, 2.75) is 42.2 Å². The van der Waals surface area contributed by atoms with E-state index in [1.165, 1.54) is 5.32 Å². The first-order valence-corrected chi connectivity index (χ1v) is 6.25. The third-order valence-corrected chi connectivity index (χ3v) is 2.97. The van der Waals surface area contributed by atoms with Gasteiger partial charge in [0.05, 0.1) is 0 Å². The van der Waals surface area contributed by atoms with Crippen molar-refractivity contribution in [2.24, 2.45) is 5.90 Å². The second-order valence-electron chi connectivity index (χ2n) is 4.91. The van der Waals surface area contributed by atoms with Crippen molar-refractivity contribution in [2.75, 3.05) is 13.2 Å². The van der Waals surface area contributed by atoms with E-state index < -0.39 is 61.3 Å². The molecule has 0 saturated heterocycles. The lowest BCUT2D eigenvalue weighted by Crippen LogP contribution is -2.70. The number of alkyl halides is 13. The molecule has 0 aromatic rings. The predicted molar refractivity (Wildman–Crippen MR) is 58.6 cm³/mol. The molecule has 27 heavy (non-hydrogen) atoms. The van der Waals surface area contributed by atoms with Gasteiger partial charge in [-0.05, 0) is 0 Å². The topological polar surface area (TPSA) is 64.3 Å². The van der Waals surface area contributed by atoms with Crippen LogP contribution in [0, 0.1) is 0 Å². The fourth-order valence-corrected chi connectivity index (χ4v) is 1.44. The van der Waals surface area contributed by atoms with Crippen molar-refractivity contribution >= 4 is 5.91 Å². The van der Waals surface area contributed by atoms with Crippen LogP contribution in [0.2, 0.25) is 0 Å². The van der Waals surface area contributed by atoms with E-state index in [2.05, 4.69) is 10.7 Å². The Morgan fingerprint density at radius 3 is 1.52 bits per heavy atom. The van der Waals surface area contributed by atoms with Crippen LogP contribution in [0.3, 0.4) is 0 Å². The molecule has 0 aliphatic heterocycles. The minimum Gasteiger partial charge on any atom is -0.354 e. The van der Waals surface area contributed by atoms with Gasteiger partial charge in [0.2, 0.25) is 5.91 Å². The van der Waals surface area contributed by atoms with Crippen molar-refractivity contribution in [1.29, 1.82) is 0 Å². The number of carbonyl (C=O) groups is 1. The number of hydrogen-bond donors (Lipinski definition) is 2. The SMILES string of the molecule is NOCC(=O)NCCC(F)(F)C(F)(F)C(F)(F)C(F)(F)C(F)(F)C(F)(F)F. The van der Waals surface area contributed by atoms with E-state index in [1.54, 1.807) is 0 Å². The fraction of sp³-hybridized carbons (Fsp3) is 0.900. The van der Waals surface area contributed by atoms with Crippen LogP contribution < -0.4 is 11.2 Å². The molecule has 0 heterocycles. The number of halogens is 13. The molecule has 0 radical (unpaired) electrons. The Morgan fingerprint density at radius 1 is 0.741 bits per heavy atom. The summed E-state index contributed by atoms with van der Waals surface area (Å²) >= 11 is 0. The smallest absolute Gasteiger partial charge is 0.354 e. The maximum Gasteiger partial charge on any atom is 0.460 e. The minimum atomic E-state index is -7.94. The molecule has 0 spiro atoms. The lowest BCUT2D eigenvalue weighted by molar-refractivity contribution is -0.440. The van der Waals surface area contributed by atoms with Crippen LogP contribution in [-0.4, -0.2) is 54.8 Å². The summed E-state index contributed by atoms with van der Waals surface area (Å²) in [5.41, 5.74) is 0. The third kappa shape index (κ3) is 4.33. The Kier molecular flexibility index (Phi) is 7.06. The molecule has 0 saturated carbocycles. The molecule has 0 unspecified atom stereocenters. The maximum atomic E-state index is 13.3. The first-order chi connectivity index (χ1) is 11.7. The number of amides is 1. The van der Waals surface area contributed by atoms with Gasteiger partial charge in [-0.1, -0.05) is 0 Å². The van der Waals surface area contributed by atoms with Crippen molar-refractivity contribution in [3.63, 3.8) is 0 Å². The maximum absolute atomic E-state index is 13.3. The van der Waals surface area contributed by atoms with Gasteiger partial charge < -0.3 is 5.32 Å². The molecule has 0 rings (SSSR count). The quantitative estimate of drug-likeness (QED) is 0.432. The zero-order chi connectivity index (χ0) is 22.1. The summed E-state index contributed by atoms with van der Waals surface area (Å²) in [7, 11) is 0. The molecule has 0 aromatic carbocycles. The van der Waals surface area contributed by atoms with Crippen molar-refractivity contribution < 1.29 is 66.7 Å². The number of carbonyl (C=O) groups excluding carboxylic acids is 1. The van der Waals surface area contributed by atoms with Crippen LogP contribution in [0.5, 0.6) is 0 Å². The lowest BCUT2D eigenvalue weighted by atomic mass is 9.92. The normalized spacial score (nSPS) is 15.0. The fourth-order valence-electron chi connectivity index (χ4n) is 1.44. The summed E-state index contributed by atoms with van der Waals surface area (Å²) in [4.78, 5) is 14.4. The largest absolute Gasteiger partial charge is 0.460 e. The zero-order valence-electron chi connectivity index (χ0n) is 12.4. The predicted octanol–water partition coefficient (Wildman–Crippen LogP) is 3.12. The van der Waals surface area contributed by atoms with Crippen LogP contribution in [0.15, 0.2) is 0 Å². The molecular formula is C10H9F13N2O2. The Bertz CT molecular complexity index is 532. The van der Waals surface area contributed by atoms with Gasteiger partial charge in [-0.25, -0.2) is 5.90 Å². The van der Waals surface area contributed by atoms with Gasteiger partial charge in [-0.3, -0.25) is 9.63 Å². The number of hydrogen-bond acceptors (Lipinski definition) is 3. The van der Waals surface area contributed by atoms with Gasteiger partial charge >= 0.3 is 35.8 Å². The number of nitrogens with one attached hydrogen (secondary N) is 1. The minimum absolute atomic E-state index is 1.02. The Balaban J connectivity index is 5.71. The molecule has 0 aliphatic rings. The van der Waals surface area contributed by atoms with E-state index in [4.69, 9.17) is 0 Å². The Morgan fingerprint density at radius 2 is 1.15 bits per heavy atom. The average molecular weight is 436 g/mol. The summed E-state index contributed by atoms with van der Waals surface area (Å²) in [6.07, 6.45) is -9.99. The molecule has 1 amide bonds. The van der Waals surface area contributed by atoms with Crippen molar-refractivity contribution in [3.05, 3.63) is 0 Å². The lowest BCUT2D eigenvalue weighted by Gasteiger charge is -2.39. The molecule has 3 N–H and O–H groups in total. The first-order valence-electron chi connectivity index (χ1n) is 6.25. The standard InChI is InChI=1S/C10H9F13N2O2/c11-5(12,1-2-25-4(26)3-27-24)6(13,14)7(15,16)8(17,18)9(19,20)10(21,22)23/h1-3,24H2,(H,25,26). The van der Waals surface area contributed by atoms with E-state index in [0.29, 0.717) is 0 Å². The van der Waals surface area contributed by atoms with Gasteiger partial charge in [0, 0.05) is 13.0 Å². The second-order valence-corrected chi connectivity index (χ2v) is 4.91. The van der Waals surface area contributed by atoms with Gasteiger partial charge in [-0.15, -0.1) is 0 Å². The average Bonchev–Trinajstić information content (AvgIpc) is 2.45.